The van der Waals surface area contributed by atoms with E-state index in [0.29, 0.717) is 0 Å². The highest BCUT2D eigenvalue weighted by atomic mass is 16.5. The molecule has 0 aromatic carbocycles. The van der Waals surface area contributed by atoms with Gasteiger partial charge in [-0.25, -0.2) is 0 Å². The molecule has 0 bridgehead atoms. The molecule has 7 heteroatoms. The molecule has 0 unspecified atom stereocenters. The van der Waals surface area contributed by atoms with Gasteiger partial charge in [0, 0.05) is 26.2 Å². The predicted octanol–water partition coefficient (Wildman–Crippen LogP) is -0.132. The zero-order chi connectivity index (χ0) is 12.2. The van der Waals surface area contributed by atoms with Crippen LogP contribution in [0.5, 0.6) is 0 Å². The minimum Gasteiger partial charge on any atom is -0.379 e. The second-order valence-corrected chi connectivity index (χ2v) is 4.23. The average molecular weight is 248 g/mol. The van der Waals surface area contributed by atoms with E-state index in [-0.39, 0.29) is 0 Å². The predicted molar refractivity (Wildman–Crippen MR) is 66.5 cm³/mol. The summed E-state index contributed by atoms with van der Waals surface area (Å²) in [5, 5.41) is 15.4. The summed E-state index contributed by atoms with van der Waals surface area (Å²) in [4.78, 5) is 2.38. The Balaban J connectivity index is 1.52. The largest absolute Gasteiger partial charge is 0.379 e. The highest BCUT2D eigenvalue weighted by Gasteiger charge is 2.09. The van der Waals surface area contributed by atoms with Crippen LogP contribution in [0, 0.1) is 0 Å². The maximum Gasteiger partial charge on any atom is 0.177 e. The topological polar surface area (TPSA) is 67.6 Å². The molecule has 96 valence electrons. The Morgan fingerprint density at radius 2 is 2.17 bits per heavy atom. The van der Waals surface area contributed by atoms with Crippen LogP contribution in [0.15, 0.2) is 18.5 Å². The molecule has 0 radical (unpaired) electrons. The number of morpholine rings is 1. The van der Waals surface area contributed by atoms with E-state index >= 15 is 0 Å². The summed E-state index contributed by atoms with van der Waals surface area (Å²) < 4.78 is 6.98. The van der Waals surface area contributed by atoms with Crippen LogP contribution in [0.2, 0.25) is 0 Å². The first-order chi connectivity index (χ1) is 8.92. The fourth-order valence-corrected chi connectivity index (χ4v) is 1.99. The number of nitrogens with one attached hydrogen (secondary N) is 1. The summed E-state index contributed by atoms with van der Waals surface area (Å²) >= 11 is 0. The van der Waals surface area contributed by atoms with Gasteiger partial charge in [0.15, 0.2) is 5.65 Å². The van der Waals surface area contributed by atoms with E-state index in [1.807, 2.05) is 12.1 Å². The molecular weight excluding hydrogens is 232 g/mol. The Labute approximate surface area is 105 Å². The fourth-order valence-electron chi connectivity index (χ4n) is 1.99. The van der Waals surface area contributed by atoms with Gasteiger partial charge in [0.25, 0.3) is 0 Å². The van der Waals surface area contributed by atoms with Gasteiger partial charge < -0.3 is 10.1 Å². The third kappa shape index (κ3) is 2.57. The lowest BCUT2D eigenvalue weighted by molar-refractivity contribution is 0.0398. The molecule has 0 spiro atoms. The van der Waals surface area contributed by atoms with Crippen molar-refractivity contribution in [1.82, 2.24) is 24.7 Å². The van der Waals surface area contributed by atoms with Crippen molar-refractivity contribution in [2.75, 3.05) is 44.7 Å². The molecule has 3 rings (SSSR count). The molecular formula is C11H16N6O. The zero-order valence-electron chi connectivity index (χ0n) is 10.1. The highest BCUT2D eigenvalue weighted by molar-refractivity contribution is 5.42. The molecule has 0 saturated carbocycles. The molecule has 1 saturated heterocycles. The Morgan fingerprint density at radius 1 is 1.28 bits per heavy atom. The average Bonchev–Trinajstić information content (AvgIpc) is 2.87. The first-order valence-electron chi connectivity index (χ1n) is 6.13. The van der Waals surface area contributed by atoms with Gasteiger partial charge in [-0.3, -0.25) is 4.90 Å². The molecule has 2 aromatic rings. The third-order valence-electron chi connectivity index (χ3n) is 3.00. The first-order valence-corrected chi connectivity index (χ1v) is 6.13. The summed E-state index contributed by atoms with van der Waals surface area (Å²) in [6.45, 7) is 5.58. The van der Waals surface area contributed by atoms with Crippen molar-refractivity contribution in [1.29, 1.82) is 0 Å². The monoisotopic (exact) mass is 248 g/mol. The number of hydrogen-bond donors (Lipinski definition) is 1. The molecule has 1 aliphatic rings. The van der Waals surface area contributed by atoms with Crippen molar-refractivity contribution < 1.29 is 4.74 Å². The summed E-state index contributed by atoms with van der Waals surface area (Å²) in [5.74, 6) is 0.843. The Kier molecular flexibility index (Phi) is 3.33. The number of rotatable bonds is 4. The number of fused-ring (bicyclic) bond motifs is 1. The maximum absolute atomic E-state index is 5.31. The molecule has 1 fully saturated rings. The number of ether oxygens (including phenoxy) is 1. The van der Waals surface area contributed by atoms with E-state index in [2.05, 4.69) is 25.5 Å². The van der Waals surface area contributed by atoms with Crippen LogP contribution < -0.4 is 5.32 Å². The summed E-state index contributed by atoms with van der Waals surface area (Å²) in [6.07, 6.45) is 1.60. The van der Waals surface area contributed by atoms with E-state index in [4.69, 9.17) is 4.74 Å². The lowest BCUT2D eigenvalue weighted by Crippen LogP contribution is -2.39. The van der Waals surface area contributed by atoms with E-state index in [9.17, 15) is 0 Å². The van der Waals surface area contributed by atoms with Crippen molar-refractivity contribution >= 4 is 11.5 Å². The molecule has 0 atom stereocenters. The molecule has 1 aliphatic heterocycles. The maximum atomic E-state index is 5.31. The SMILES string of the molecule is c1cc2nncn2nc1NCCN1CCOCC1. The minimum absolute atomic E-state index is 0.758. The smallest absolute Gasteiger partial charge is 0.177 e. The van der Waals surface area contributed by atoms with Crippen molar-refractivity contribution in [2.24, 2.45) is 0 Å². The van der Waals surface area contributed by atoms with Gasteiger partial charge in [-0.15, -0.1) is 15.3 Å². The fraction of sp³-hybridized carbons (Fsp3) is 0.545. The van der Waals surface area contributed by atoms with E-state index < -0.39 is 0 Å². The van der Waals surface area contributed by atoms with Crippen LogP contribution in [-0.4, -0.2) is 64.1 Å². The van der Waals surface area contributed by atoms with Gasteiger partial charge in [0.05, 0.1) is 13.2 Å². The van der Waals surface area contributed by atoms with Gasteiger partial charge in [-0.05, 0) is 12.1 Å². The van der Waals surface area contributed by atoms with Gasteiger partial charge in [-0.1, -0.05) is 0 Å². The van der Waals surface area contributed by atoms with Crippen LogP contribution in [0.25, 0.3) is 5.65 Å². The summed E-state index contributed by atoms with van der Waals surface area (Å²) in [5.41, 5.74) is 0.758. The van der Waals surface area contributed by atoms with Gasteiger partial charge >= 0.3 is 0 Å². The standard InChI is InChI=1S/C11H16N6O/c1-2-11-14-13-9-17(11)15-10(1)12-3-4-16-5-7-18-8-6-16/h1-2,9H,3-8H2,(H,12,15). The van der Waals surface area contributed by atoms with Crippen LogP contribution in [0.3, 0.4) is 0 Å². The number of hydrogen-bond acceptors (Lipinski definition) is 6. The molecule has 7 nitrogen and oxygen atoms in total. The quantitative estimate of drug-likeness (QED) is 0.813. The molecule has 0 aliphatic carbocycles. The van der Waals surface area contributed by atoms with E-state index in [1.165, 1.54) is 0 Å². The first kappa shape index (κ1) is 11.4. The molecule has 18 heavy (non-hydrogen) atoms. The van der Waals surface area contributed by atoms with Gasteiger partial charge in [0.2, 0.25) is 0 Å². The third-order valence-corrected chi connectivity index (χ3v) is 3.00. The van der Waals surface area contributed by atoms with Gasteiger partial charge in [0.1, 0.15) is 12.1 Å². The van der Waals surface area contributed by atoms with Crippen molar-refractivity contribution in [2.45, 2.75) is 0 Å². The van der Waals surface area contributed by atoms with Crippen molar-refractivity contribution in [3.63, 3.8) is 0 Å². The Morgan fingerprint density at radius 3 is 3.06 bits per heavy atom. The number of aromatic nitrogens is 4. The normalized spacial score (nSPS) is 17.1. The van der Waals surface area contributed by atoms with Crippen LogP contribution in [0.4, 0.5) is 5.82 Å². The van der Waals surface area contributed by atoms with E-state index in [0.717, 1.165) is 50.9 Å². The molecule has 2 aromatic heterocycles. The minimum atomic E-state index is 0.758. The van der Waals surface area contributed by atoms with E-state index in [1.54, 1.807) is 10.8 Å². The molecule has 1 N–H and O–H groups in total. The highest BCUT2D eigenvalue weighted by Crippen LogP contribution is 2.04. The number of anilines is 1. The van der Waals surface area contributed by atoms with Gasteiger partial charge in [-0.2, -0.15) is 4.52 Å². The van der Waals surface area contributed by atoms with Crippen molar-refractivity contribution in [3.05, 3.63) is 18.5 Å². The molecule has 0 amide bonds. The summed E-state index contributed by atoms with van der Waals surface area (Å²) in [7, 11) is 0. The van der Waals surface area contributed by atoms with Crippen molar-refractivity contribution in [3.8, 4) is 0 Å². The Bertz CT molecular complexity index is 507. The second-order valence-electron chi connectivity index (χ2n) is 4.23. The number of nitrogens with zero attached hydrogens (tertiary/aromatic N) is 5. The van der Waals surface area contributed by atoms with Crippen LogP contribution >= 0.6 is 0 Å². The molecule has 3 heterocycles. The second kappa shape index (κ2) is 5.28. The zero-order valence-corrected chi connectivity index (χ0v) is 10.1. The lowest BCUT2D eigenvalue weighted by atomic mass is 10.4. The lowest BCUT2D eigenvalue weighted by Gasteiger charge is -2.26. The van der Waals surface area contributed by atoms with Crippen LogP contribution in [-0.2, 0) is 4.74 Å². The van der Waals surface area contributed by atoms with Crippen LogP contribution in [0.1, 0.15) is 0 Å². The Hall–Kier alpha value is -1.73. The summed E-state index contributed by atoms with van der Waals surface area (Å²) in [6, 6.07) is 3.82.